The van der Waals surface area contributed by atoms with Gasteiger partial charge in [0.1, 0.15) is 18.5 Å². The summed E-state index contributed by atoms with van der Waals surface area (Å²) in [6.07, 6.45) is 8.24. The molecule has 0 aliphatic carbocycles. The number of aromatic nitrogens is 2. The van der Waals surface area contributed by atoms with E-state index in [2.05, 4.69) is 4.98 Å². The lowest BCUT2D eigenvalue weighted by atomic mass is 10.2. The molecule has 0 spiro atoms. The second-order valence-electron chi connectivity index (χ2n) is 5.31. The Labute approximate surface area is 120 Å². The van der Waals surface area contributed by atoms with Crippen molar-refractivity contribution in [1.29, 1.82) is 0 Å². The van der Waals surface area contributed by atoms with E-state index in [1.54, 1.807) is 6.20 Å². The number of carbonyl (C=O) groups is 1. The maximum Gasteiger partial charge on any atom is 0.242 e. The molecular formula is C15H25N3O2. The summed E-state index contributed by atoms with van der Waals surface area (Å²) >= 11 is 0. The fourth-order valence-electron chi connectivity index (χ4n) is 2.70. The highest BCUT2D eigenvalue weighted by Gasteiger charge is 2.18. The van der Waals surface area contributed by atoms with Crippen molar-refractivity contribution in [1.82, 2.24) is 14.5 Å². The molecule has 0 aromatic carbocycles. The number of carbonyl (C=O) groups excluding carboxylic acids is 1. The highest BCUT2D eigenvalue weighted by molar-refractivity contribution is 5.76. The average Bonchev–Trinajstić information content (AvgIpc) is 2.72. The van der Waals surface area contributed by atoms with E-state index < -0.39 is 0 Å². The van der Waals surface area contributed by atoms with Crippen molar-refractivity contribution in [2.24, 2.45) is 0 Å². The topological polar surface area (TPSA) is 47.4 Å². The van der Waals surface area contributed by atoms with Gasteiger partial charge in [0.15, 0.2) is 0 Å². The predicted molar refractivity (Wildman–Crippen MR) is 77.3 cm³/mol. The smallest absolute Gasteiger partial charge is 0.242 e. The summed E-state index contributed by atoms with van der Waals surface area (Å²) in [5.41, 5.74) is 0. The number of amides is 1. The molecule has 5 heteroatoms. The maximum atomic E-state index is 12.4. The minimum absolute atomic E-state index is 0.0769. The molecule has 1 aliphatic rings. The predicted octanol–water partition coefficient (Wildman–Crippen LogP) is 2.38. The molecule has 1 aromatic heterocycles. The van der Waals surface area contributed by atoms with Gasteiger partial charge < -0.3 is 14.2 Å². The third-order valence-electron chi connectivity index (χ3n) is 3.79. The van der Waals surface area contributed by atoms with Crippen LogP contribution in [0.25, 0.3) is 0 Å². The van der Waals surface area contributed by atoms with E-state index >= 15 is 0 Å². The van der Waals surface area contributed by atoms with Gasteiger partial charge in [-0.3, -0.25) is 4.79 Å². The molecule has 1 amide bonds. The summed E-state index contributed by atoms with van der Waals surface area (Å²) in [6.45, 7) is 6.74. The molecule has 20 heavy (non-hydrogen) atoms. The SMILES string of the molecule is CCOC(C)c1nccn1CC(=O)N1CCCCCC1. The van der Waals surface area contributed by atoms with E-state index in [1.165, 1.54) is 12.8 Å². The average molecular weight is 279 g/mol. The zero-order chi connectivity index (χ0) is 14.4. The zero-order valence-corrected chi connectivity index (χ0v) is 12.5. The summed E-state index contributed by atoms with van der Waals surface area (Å²) in [5, 5.41) is 0. The number of nitrogens with zero attached hydrogens (tertiary/aromatic N) is 3. The quantitative estimate of drug-likeness (QED) is 0.831. The normalized spacial score (nSPS) is 17.8. The largest absolute Gasteiger partial charge is 0.371 e. The van der Waals surface area contributed by atoms with Crippen LogP contribution in [0.5, 0.6) is 0 Å². The lowest BCUT2D eigenvalue weighted by Gasteiger charge is -2.21. The Bertz CT molecular complexity index is 423. The molecule has 2 heterocycles. The van der Waals surface area contributed by atoms with Gasteiger partial charge in [-0.05, 0) is 26.7 Å². The minimum atomic E-state index is -0.0769. The second-order valence-corrected chi connectivity index (χ2v) is 5.31. The van der Waals surface area contributed by atoms with Crippen molar-refractivity contribution in [3.8, 4) is 0 Å². The number of likely N-dealkylation sites (tertiary alicyclic amines) is 1. The Morgan fingerprint density at radius 1 is 1.35 bits per heavy atom. The lowest BCUT2D eigenvalue weighted by molar-refractivity contribution is -0.131. The van der Waals surface area contributed by atoms with Gasteiger partial charge in [0.05, 0.1) is 0 Å². The van der Waals surface area contributed by atoms with Gasteiger partial charge in [0.2, 0.25) is 5.91 Å². The van der Waals surface area contributed by atoms with Gasteiger partial charge in [-0.1, -0.05) is 12.8 Å². The van der Waals surface area contributed by atoms with Crippen molar-refractivity contribution in [3.63, 3.8) is 0 Å². The summed E-state index contributed by atoms with van der Waals surface area (Å²) < 4.78 is 7.48. The first-order valence-electron chi connectivity index (χ1n) is 7.62. The summed E-state index contributed by atoms with van der Waals surface area (Å²) in [7, 11) is 0. The van der Waals surface area contributed by atoms with Crippen LogP contribution >= 0.6 is 0 Å². The van der Waals surface area contributed by atoms with E-state index in [1.807, 2.05) is 29.5 Å². The fourth-order valence-corrected chi connectivity index (χ4v) is 2.70. The lowest BCUT2D eigenvalue weighted by Crippen LogP contribution is -2.35. The van der Waals surface area contributed by atoms with Crippen molar-refractivity contribution in [2.75, 3.05) is 19.7 Å². The minimum Gasteiger partial charge on any atom is -0.371 e. The van der Waals surface area contributed by atoms with Crippen molar-refractivity contribution in [3.05, 3.63) is 18.2 Å². The molecule has 1 atom stereocenters. The van der Waals surface area contributed by atoms with Crippen molar-refractivity contribution < 1.29 is 9.53 Å². The van der Waals surface area contributed by atoms with Gasteiger partial charge in [-0.25, -0.2) is 4.98 Å². The number of imidazole rings is 1. The number of hydrogen-bond acceptors (Lipinski definition) is 3. The first kappa shape index (κ1) is 15.0. The molecule has 0 bridgehead atoms. The van der Waals surface area contributed by atoms with Crippen molar-refractivity contribution in [2.45, 2.75) is 52.2 Å². The molecule has 1 fully saturated rings. The van der Waals surface area contributed by atoms with Crippen LogP contribution in [0.4, 0.5) is 0 Å². The van der Waals surface area contributed by atoms with E-state index in [4.69, 9.17) is 4.74 Å². The standard InChI is InChI=1S/C15H25N3O2/c1-3-20-13(2)15-16-8-11-18(15)12-14(19)17-9-6-4-5-7-10-17/h8,11,13H,3-7,9-10,12H2,1-2H3. The first-order valence-corrected chi connectivity index (χ1v) is 7.62. The Morgan fingerprint density at radius 2 is 2.05 bits per heavy atom. The second kappa shape index (κ2) is 7.43. The van der Waals surface area contributed by atoms with Crippen LogP contribution in [0.3, 0.4) is 0 Å². The van der Waals surface area contributed by atoms with Crippen LogP contribution in [-0.2, 0) is 16.1 Å². The number of rotatable bonds is 5. The van der Waals surface area contributed by atoms with E-state index in [9.17, 15) is 4.79 Å². The highest BCUT2D eigenvalue weighted by Crippen LogP contribution is 2.15. The zero-order valence-electron chi connectivity index (χ0n) is 12.5. The number of hydrogen-bond donors (Lipinski definition) is 0. The Morgan fingerprint density at radius 3 is 2.70 bits per heavy atom. The van der Waals surface area contributed by atoms with Gasteiger partial charge in [-0.15, -0.1) is 0 Å². The van der Waals surface area contributed by atoms with Crippen LogP contribution in [0.15, 0.2) is 12.4 Å². The highest BCUT2D eigenvalue weighted by atomic mass is 16.5. The Balaban J connectivity index is 1.98. The monoisotopic (exact) mass is 279 g/mol. The van der Waals surface area contributed by atoms with E-state index in [-0.39, 0.29) is 12.0 Å². The van der Waals surface area contributed by atoms with Gasteiger partial charge in [-0.2, -0.15) is 0 Å². The Hall–Kier alpha value is -1.36. The molecule has 1 saturated heterocycles. The maximum absolute atomic E-state index is 12.4. The van der Waals surface area contributed by atoms with Crippen LogP contribution < -0.4 is 0 Å². The first-order chi connectivity index (χ1) is 9.72. The van der Waals surface area contributed by atoms with Gasteiger partial charge in [0, 0.05) is 32.1 Å². The molecule has 112 valence electrons. The third-order valence-corrected chi connectivity index (χ3v) is 3.79. The summed E-state index contributed by atoms with van der Waals surface area (Å²) in [4.78, 5) is 18.7. The van der Waals surface area contributed by atoms with E-state index in [0.717, 1.165) is 31.8 Å². The molecule has 2 rings (SSSR count). The van der Waals surface area contributed by atoms with Gasteiger partial charge >= 0.3 is 0 Å². The fraction of sp³-hybridized carbons (Fsp3) is 0.733. The van der Waals surface area contributed by atoms with Crippen LogP contribution in [0.1, 0.15) is 51.5 Å². The molecule has 0 saturated carbocycles. The molecule has 5 nitrogen and oxygen atoms in total. The van der Waals surface area contributed by atoms with Crippen LogP contribution in [-0.4, -0.2) is 40.1 Å². The van der Waals surface area contributed by atoms with Crippen LogP contribution in [0.2, 0.25) is 0 Å². The Kier molecular flexibility index (Phi) is 5.59. The molecule has 0 radical (unpaired) electrons. The van der Waals surface area contributed by atoms with Crippen LogP contribution in [0, 0.1) is 0 Å². The number of ether oxygens (including phenoxy) is 1. The summed E-state index contributed by atoms with van der Waals surface area (Å²) in [6, 6.07) is 0. The molecular weight excluding hydrogens is 254 g/mol. The molecule has 1 aliphatic heterocycles. The van der Waals surface area contributed by atoms with Crippen molar-refractivity contribution >= 4 is 5.91 Å². The third kappa shape index (κ3) is 3.82. The van der Waals surface area contributed by atoms with Gasteiger partial charge in [0.25, 0.3) is 0 Å². The molecule has 0 N–H and O–H groups in total. The molecule has 1 unspecified atom stereocenters. The molecule has 1 aromatic rings. The summed E-state index contributed by atoms with van der Waals surface area (Å²) in [5.74, 6) is 1.02. The van der Waals surface area contributed by atoms with E-state index in [0.29, 0.717) is 13.2 Å².